The Balaban J connectivity index is 1.76. The zero-order chi connectivity index (χ0) is 16.5. The molecule has 0 spiro atoms. The molecule has 1 heterocycles. The second-order valence-electron chi connectivity index (χ2n) is 6.04. The van der Waals surface area contributed by atoms with Gasteiger partial charge < -0.3 is 9.63 Å². The predicted molar refractivity (Wildman–Crippen MR) is 82.8 cm³/mol. The molecular formula is C15H19N3O4S. The van der Waals surface area contributed by atoms with Gasteiger partial charge in [0.15, 0.2) is 0 Å². The summed E-state index contributed by atoms with van der Waals surface area (Å²) in [6.07, 6.45) is 4.99. The van der Waals surface area contributed by atoms with Gasteiger partial charge in [0.2, 0.25) is 21.7 Å². The summed E-state index contributed by atoms with van der Waals surface area (Å²) in [6.45, 7) is 0. The first kappa shape index (κ1) is 16.1. The number of aromatic nitrogens is 2. The summed E-state index contributed by atoms with van der Waals surface area (Å²) in [5.74, 6) is 0.750. The van der Waals surface area contributed by atoms with Crippen molar-refractivity contribution in [3.8, 4) is 11.4 Å². The second kappa shape index (κ2) is 6.03. The van der Waals surface area contributed by atoms with Gasteiger partial charge >= 0.3 is 0 Å². The number of nitrogens with two attached hydrogens (primary N) is 1. The first-order valence-electron chi connectivity index (χ1n) is 7.54. The van der Waals surface area contributed by atoms with Gasteiger partial charge in [-0.25, -0.2) is 13.6 Å². The highest BCUT2D eigenvalue weighted by atomic mass is 32.2. The number of rotatable bonds is 4. The Morgan fingerprint density at radius 1 is 1.17 bits per heavy atom. The fourth-order valence-electron chi connectivity index (χ4n) is 2.91. The Hall–Kier alpha value is -1.77. The molecule has 0 bridgehead atoms. The molecule has 8 heteroatoms. The molecule has 1 aliphatic carbocycles. The summed E-state index contributed by atoms with van der Waals surface area (Å²) in [7, 11) is -3.72. The van der Waals surface area contributed by atoms with Crippen molar-refractivity contribution in [1.82, 2.24) is 10.1 Å². The van der Waals surface area contributed by atoms with Gasteiger partial charge in [0.1, 0.15) is 0 Å². The molecule has 3 N–H and O–H groups in total. The van der Waals surface area contributed by atoms with Crippen molar-refractivity contribution >= 4 is 10.0 Å². The lowest BCUT2D eigenvalue weighted by Gasteiger charge is -2.30. The van der Waals surface area contributed by atoms with Crippen LogP contribution in [0.2, 0.25) is 0 Å². The minimum Gasteiger partial charge on any atom is -0.389 e. The molecule has 23 heavy (non-hydrogen) atoms. The van der Waals surface area contributed by atoms with Crippen LogP contribution >= 0.6 is 0 Å². The first-order chi connectivity index (χ1) is 10.9. The van der Waals surface area contributed by atoms with E-state index in [-0.39, 0.29) is 4.90 Å². The van der Waals surface area contributed by atoms with Crippen molar-refractivity contribution in [2.45, 2.75) is 49.0 Å². The van der Waals surface area contributed by atoms with Gasteiger partial charge in [-0.2, -0.15) is 4.98 Å². The number of aliphatic hydroxyl groups is 1. The van der Waals surface area contributed by atoms with Crippen LogP contribution in [0.25, 0.3) is 11.4 Å². The summed E-state index contributed by atoms with van der Waals surface area (Å²) in [4.78, 5) is 4.32. The lowest BCUT2D eigenvalue weighted by Crippen LogP contribution is -2.33. The molecule has 0 unspecified atom stereocenters. The summed E-state index contributed by atoms with van der Waals surface area (Å²) >= 11 is 0. The van der Waals surface area contributed by atoms with Crippen LogP contribution in [0.3, 0.4) is 0 Å². The molecule has 0 radical (unpaired) electrons. The number of hydrogen-bond donors (Lipinski definition) is 2. The third-order valence-electron chi connectivity index (χ3n) is 4.17. The zero-order valence-corrected chi connectivity index (χ0v) is 13.4. The molecular weight excluding hydrogens is 318 g/mol. The van der Waals surface area contributed by atoms with Crippen molar-refractivity contribution < 1.29 is 18.0 Å². The SMILES string of the molecule is NS(=O)(=O)c1ccc(-c2noc(CC3(O)CCCCC3)n2)cc1. The Morgan fingerprint density at radius 2 is 1.83 bits per heavy atom. The van der Waals surface area contributed by atoms with Crippen LogP contribution in [0, 0.1) is 0 Å². The fraction of sp³-hybridized carbons (Fsp3) is 0.467. The standard InChI is InChI=1S/C15H19N3O4S/c16-23(20,21)12-6-4-11(5-7-12)14-17-13(22-18-14)10-15(19)8-2-1-3-9-15/h4-7,19H,1-3,8-10H2,(H2,16,20,21). The maximum absolute atomic E-state index is 11.2. The van der Waals surface area contributed by atoms with Gasteiger partial charge in [-0.1, -0.05) is 24.4 Å². The molecule has 1 saturated carbocycles. The molecule has 3 rings (SSSR count). The summed E-state index contributed by atoms with van der Waals surface area (Å²) in [5, 5.41) is 19.5. The van der Waals surface area contributed by atoms with E-state index < -0.39 is 15.6 Å². The zero-order valence-electron chi connectivity index (χ0n) is 12.6. The van der Waals surface area contributed by atoms with Crippen LogP contribution < -0.4 is 5.14 Å². The summed E-state index contributed by atoms with van der Waals surface area (Å²) in [5.41, 5.74) is -0.137. The number of primary sulfonamides is 1. The molecule has 1 aliphatic rings. The van der Waals surface area contributed by atoms with Crippen LogP contribution in [-0.4, -0.2) is 29.3 Å². The van der Waals surface area contributed by atoms with E-state index in [1.165, 1.54) is 12.1 Å². The maximum Gasteiger partial charge on any atom is 0.238 e. The molecule has 0 amide bonds. The third kappa shape index (κ3) is 3.77. The molecule has 7 nitrogen and oxygen atoms in total. The van der Waals surface area contributed by atoms with E-state index in [1.54, 1.807) is 12.1 Å². The Morgan fingerprint density at radius 3 is 2.43 bits per heavy atom. The predicted octanol–water partition coefficient (Wildman–Crippen LogP) is 1.62. The molecule has 1 aromatic carbocycles. The molecule has 0 atom stereocenters. The van der Waals surface area contributed by atoms with E-state index in [4.69, 9.17) is 9.66 Å². The molecule has 1 aromatic heterocycles. The van der Waals surface area contributed by atoms with Crippen LogP contribution in [0.4, 0.5) is 0 Å². The van der Waals surface area contributed by atoms with E-state index in [0.29, 0.717) is 23.7 Å². The van der Waals surface area contributed by atoms with Gasteiger partial charge in [-0.05, 0) is 37.1 Å². The van der Waals surface area contributed by atoms with E-state index in [9.17, 15) is 13.5 Å². The monoisotopic (exact) mass is 337 g/mol. The van der Waals surface area contributed by atoms with Crippen LogP contribution in [-0.2, 0) is 16.4 Å². The largest absolute Gasteiger partial charge is 0.389 e. The number of benzene rings is 1. The highest BCUT2D eigenvalue weighted by molar-refractivity contribution is 7.89. The average Bonchev–Trinajstić information content (AvgIpc) is 2.95. The van der Waals surface area contributed by atoms with E-state index in [1.807, 2.05) is 0 Å². The molecule has 124 valence electrons. The maximum atomic E-state index is 11.2. The topological polar surface area (TPSA) is 119 Å². The van der Waals surface area contributed by atoms with Crippen molar-refractivity contribution in [2.75, 3.05) is 0 Å². The number of nitrogens with zero attached hydrogens (tertiary/aromatic N) is 2. The highest BCUT2D eigenvalue weighted by Gasteiger charge is 2.31. The quantitative estimate of drug-likeness (QED) is 0.875. The van der Waals surface area contributed by atoms with Gasteiger partial charge in [0, 0.05) is 5.56 Å². The fourth-order valence-corrected chi connectivity index (χ4v) is 3.42. The van der Waals surface area contributed by atoms with Gasteiger partial charge in [-0.3, -0.25) is 0 Å². The van der Waals surface area contributed by atoms with Crippen LogP contribution in [0.1, 0.15) is 38.0 Å². The minimum atomic E-state index is -3.72. The van der Waals surface area contributed by atoms with Crippen molar-refractivity contribution in [3.05, 3.63) is 30.2 Å². The van der Waals surface area contributed by atoms with Crippen molar-refractivity contribution in [1.29, 1.82) is 0 Å². The minimum absolute atomic E-state index is 0.0292. The van der Waals surface area contributed by atoms with Gasteiger partial charge in [0.05, 0.1) is 16.9 Å². The normalized spacial score (nSPS) is 18.0. The highest BCUT2D eigenvalue weighted by Crippen LogP contribution is 2.31. The average molecular weight is 337 g/mol. The second-order valence-corrected chi connectivity index (χ2v) is 7.60. The van der Waals surface area contributed by atoms with Crippen LogP contribution in [0.5, 0.6) is 0 Å². The molecule has 0 aliphatic heterocycles. The summed E-state index contributed by atoms with van der Waals surface area (Å²) in [6, 6.07) is 5.94. The Kier molecular flexibility index (Phi) is 4.22. The smallest absolute Gasteiger partial charge is 0.238 e. The molecule has 0 saturated heterocycles. The van der Waals surface area contributed by atoms with E-state index in [2.05, 4.69) is 10.1 Å². The number of sulfonamides is 1. The Bertz CT molecular complexity index is 777. The third-order valence-corrected chi connectivity index (χ3v) is 5.10. The Labute approximate surface area is 134 Å². The lowest BCUT2D eigenvalue weighted by molar-refractivity contribution is -0.00182. The lowest BCUT2D eigenvalue weighted by atomic mass is 9.82. The number of hydrogen-bond acceptors (Lipinski definition) is 6. The first-order valence-corrected chi connectivity index (χ1v) is 9.09. The van der Waals surface area contributed by atoms with Crippen LogP contribution in [0.15, 0.2) is 33.7 Å². The summed E-state index contributed by atoms with van der Waals surface area (Å²) < 4.78 is 27.7. The van der Waals surface area contributed by atoms with E-state index >= 15 is 0 Å². The van der Waals surface area contributed by atoms with Crippen molar-refractivity contribution in [2.24, 2.45) is 5.14 Å². The molecule has 2 aromatic rings. The van der Waals surface area contributed by atoms with E-state index in [0.717, 1.165) is 32.1 Å². The van der Waals surface area contributed by atoms with Gasteiger partial charge in [-0.15, -0.1) is 0 Å². The molecule has 1 fully saturated rings. The van der Waals surface area contributed by atoms with Gasteiger partial charge in [0.25, 0.3) is 0 Å². The van der Waals surface area contributed by atoms with Crippen molar-refractivity contribution in [3.63, 3.8) is 0 Å².